The lowest BCUT2D eigenvalue weighted by atomic mass is 10.0. The second kappa shape index (κ2) is 6.34. The molecule has 4 rings (SSSR count). The fourth-order valence-electron chi connectivity index (χ4n) is 3.09. The van der Waals surface area contributed by atoms with Crippen LogP contribution >= 0.6 is 15.9 Å². The van der Waals surface area contributed by atoms with Crippen molar-refractivity contribution < 1.29 is 4.79 Å². The molecule has 0 amide bonds. The number of carbonyl (C=O) groups excluding carboxylic acids is 1. The third-order valence-corrected chi connectivity index (χ3v) is 4.75. The minimum Gasteiger partial charge on any atom is -0.313 e. The van der Waals surface area contributed by atoms with Crippen LogP contribution in [0.15, 0.2) is 59.3 Å². The Morgan fingerprint density at radius 1 is 1.25 bits per heavy atom. The third-order valence-electron chi connectivity index (χ3n) is 4.26. The van der Waals surface area contributed by atoms with Crippen LogP contribution in [0.25, 0.3) is 16.6 Å². The molecule has 1 aliphatic heterocycles. The van der Waals surface area contributed by atoms with Crippen molar-refractivity contribution in [3.05, 3.63) is 70.5 Å². The molecule has 1 aliphatic rings. The van der Waals surface area contributed by atoms with Gasteiger partial charge in [0.1, 0.15) is 0 Å². The highest BCUT2D eigenvalue weighted by atomic mass is 79.9. The number of nitrogens with zero attached hydrogens (tertiary/aromatic N) is 2. The maximum absolute atomic E-state index is 13.0. The largest absolute Gasteiger partial charge is 0.313 e. The molecular weight excluding hydrogens is 366 g/mol. The van der Waals surface area contributed by atoms with Gasteiger partial charge in [-0.1, -0.05) is 28.1 Å². The predicted octanol–water partition coefficient (Wildman–Crippen LogP) is 3.86. The highest BCUT2D eigenvalue weighted by molar-refractivity contribution is 9.10. The number of hydrogen-bond acceptors (Lipinski definition) is 3. The zero-order valence-electron chi connectivity index (χ0n) is 13.0. The Hall–Kier alpha value is -2.24. The summed E-state index contributed by atoms with van der Waals surface area (Å²) in [5.41, 5.74) is 4.68. The van der Waals surface area contributed by atoms with E-state index in [0.717, 1.165) is 40.6 Å². The van der Waals surface area contributed by atoms with Crippen LogP contribution in [0.5, 0.6) is 0 Å². The van der Waals surface area contributed by atoms with E-state index >= 15 is 0 Å². The van der Waals surface area contributed by atoms with Gasteiger partial charge in [-0.2, -0.15) is 0 Å². The van der Waals surface area contributed by atoms with E-state index in [-0.39, 0.29) is 5.91 Å². The Bertz CT molecular complexity index is 958. The molecule has 24 heavy (non-hydrogen) atoms. The standard InChI is InChI=1S/C19H16BrN3O/c20-15-4-1-3-14(11-15)19(24)23-12-16(13-6-9-21-10-7-13)18-17(23)5-2-8-22-18/h1-6,8,11-12,21H,7,9-10H2. The van der Waals surface area contributed by atoms with Crippen LogP contribution in [0.2, 0.25) is 0 Å². The minimum absolute atomic E-state index is 0.0462. The molecule has 4 nitrogen and oxygen atoms in total. The fraction of sp³-hybridized carbons (Fsp3) is 0.158. The van der Waals surface area contributed by atoms with Gasteiger partial charge in [0.25, 0.3) is 5.91 Å². The molecule has 2 aromatic heterocycles. The number of rotatable bonds is 2. The molecule has 1 aromatic carbocycles. The van der Waals surface area contributed by atoms with Gasteiger partial charge in [-0.15, -0.1) is 0 Å². The quantitative estimate of drug-likeness (QED) is 0.732. The van der Waals surface area contributed by atoms with Crippen molar-refractivity contribution in [2.24, 2.45) is 0 Å². The lowest BCUT2D eigenvalue weighted by Crippen LogP contribution is -2.20. The highest BCUT2D eigenvalue weighted by Crippen LogP contribution is 2.29. The Balaban J connectivity index is 1.87. The van der Waals surface area contributed by atoms with Crippen molar-refractivity contribution in [3.8, 4) is 0 Å². The van der Waals surface area contributed by atoms with Gasteiger partial charge in [-0.25, -0.2) is 0 Å². The SMILES string of the molecule is O=C(c1cccc(Br)c1)n1cc(C2=CCNCC2)c2ncccc21. The maximum atomic E-state index is 13.0. The molecule has 3 aromatic rings. The number of nitrogens with one attached hydrogen (secondary N) is 1. The van der Waals surface area contributed by atoms with Crippen molar-refractivity contribution in [1.82, 2.24) is 14.9 Å². The average molecular weight is 382 g/mol. The van der Waals surface area contributed by atoms with Crippen LogP contribution in [0.1, 0.15) is 22.3 Å². The van der Waals surface area contributed by atoms with E-state index < -0.39 is 0 Å². The second-order valence-electron chi connectivity index (χ2n) is 5.78. The number of hydrogen-bond donors (Lipinski definition) is 1. The van der Waals surface area contributed by atoms with E-state index in [9.17, 15) is 4.79 Å². The first-order valence-electron chi connectivity index (χ1n) is 7.90. The predicted molar refractivity (Wildman–Crippen MR) is 99.1 cm³/mol. The summed E-state index contributed by atoms with van der Waals surface area (Å²) >= 11 is 3.43. The van der Waals surface area contributed by atoms with Gasteiger partial charge in [0.2, 0.25) is 0 Å². The maximum Gasteiger partial charge on any atom is 0.262 e. The number of aromatic nitrogens is 2. The molecule has 0 fully saturated rings. The van der Waals surface area contributed by atoms with Gasteiger partial charge in [0.05, 0.1) is 11.0 Å². The van der Waals surface area contributed by atoms with Gasteiger partial charge >= 0.3 is 0 Å². The smallest absolute Gasteiger partial charge is 0.262 e. The summed E-state index contributed by atoms with van der Waals surface area (Å²) in [6, 6.07) is 11.3. The van der Waals surface area contributed by atoms with Crippen LogP contribution in [0.4, 0.5) is 0 Å². The number of pyridine rings is 1. The van der Waals surface area contributed by atoms with Crippen LogP contribution in [-0.4, -0.2) is 28.5 Å². The van der Waals surface area contributed by atoms with Gasteiger partial charge in [0, 0.05) is 34.5 Å². The Labute approximate surface area is 148 Å². The number of carbonyl (C=O) groups is 1. The molecule has 1 N–H and O–H groups in total. The third kappa shape index (κ3) is 2.70. The molecule has 0 aliphatic carbocycles. The van der Waals surface area contributed by atoms with Crippen LogP contribution in [0.3, 0.4) is 0 Å². The Kier molecular flexibility index (Phi) is 4.04. The molecule has 0 unspecified atom stereocenters. The van der Waals surface area contributed by atoms with Crippen LogP contribution in [-0.2, 0) is 0 Å². The summed E-state index contributed by atoms with van der Waals surface area (Å²) in [7, 11) is 0. The van der Waals surface area contributed by atoms with Crippen molar-refractivity contribution in [2.75, 3.05) is 13.1 Å². The van der Waals surface area contributed by atoms with Crippen LogP contribution < -0.4 is 5.32 Å². The lowest BCUT2D eigenvalue weighted by Gasteiger charge is -2.12. The van der Waals surface area contributed by atoms with Gasteiger partial charge in [-0.05, 0) is 48.9 Å². The first kappa shape index (κ1) is 15.3. The lowest BCUT2D eigenvalue weighted by molar-refractivity contribution is 0.0965. The summed E-state index contributed by atoms with van der Waals surface area (Å²) in [4.78, 5) is 17.5. The molecule has 5 heteroatoms. The van der Waals surface area contributed by atoms with Crippen molar-refractivity contribution in [3.63, 3.8) is 0 Å². The monoisotopic (exact) mass is 381 g/mol. The molecule has 0 bridgehead atoms. The summed E-state index contributed by atoms with van der Waals surface area (Å²) in [6.45, 7) is 1.80. The topological polar surface area (TPSA) is 46.9 Å². The zero-order chi connectivity index (χ0) is 16.5. The number of benzene rings is 1. The minimum atomic E-state index is -0.0462. The highest BCUT2D eigenvalue weighted by Gasteiger charge is 2.19. The van der Waals surface area contributed by atoms with Crippen molar-refractivity contribution in [1.29, 1.82) is 0 Å². The summed E-state index contributed by atoms with van der Waals surface area (Å²) in [5, 5.41) is 3.32. The first-order chi connectivity index (χ1) is 11.7. The summed E-state index contributed by atoms with van der Waals surface area (Å²) < 4.78 is 2.60. The molecule has 120 valence electrons. The van der Waals surface area contributed by atoms with E-state index in [1.165, 1.54) is 5.57 Å². The van der Waals surface area contributed by atoms with Crippen molar-refractivity contribution >= 4 is 38.4 Å². The number of fused-ring (bicyclic) bond motifs is 1. The van der Waals surface area contributed by atoms with Gasteiger partial charge in [-0.3, -0.25) is 14.3 Å². The van der Waals surface area contributed by atoms with E-state index in [1.54, 1.807) is 10.8 Å². The molecule has 3 heterocycles. The fourth-order valence-corrected chi connectivity index (χ4v) is 3.49. The van der Waals surface area contributed by atoms with E-state index in [2.05, 4.69) is 32.3 Å². The Morgan fingerprint density at radius 3 is 2.96 bits per heavy atom. The molecule has 0 saturated heterocycles. The summed E-state index contributed by atoms with van der Waals surface area (Å²) in [6.07, 6.45) is 6.83. The average Bonchev–Trinajstić information content (AvgIpc) is 3.01. The normalized spacial score (nSPS) is 14.6. The van der Waals surface area contributed by atoms with E-state index in [1.807, 2.05) is 42.6 Å². The van der Waals surface area contributed by atoms with E-state index in [4.69, 9.17) is 0 Å². The van der Waals surface area contributed by atoms with Gasteiger partial charge < -0.3 is 5.32 Å². The zero-order valence-corrected chi connectivity index (χ0v) is 14.6. The molecule has 0 radical (unpaired) electrons. The van der Waals surface area contributed by atoms with Crippen molar-refractivity contribution in [2.45, 2.75) is 6.42 Å². The number of halogens is 1. The Morgan fingerprint density at radius 2 is 2.17 bits per heavy atom. The van der Waals surface area contributed by atoms with Crippen LogP contribution in [0, 0.1) is 0 Å². The second-order valence-corrected chi connectivity index (χ2v) is 6.70. The molecular formula is C19H16BrN3O. The van der Waals surface area contributed by atoms with E-state index in [0.29, 0.717) is 5.56 Å². The summed E-state index contributed by atoms with van der Waals surface area (Å²) in [5.74, 6) is -0.0462. The first-order valence-corrected chi connectivity index (χ1v) is 8.70. The molecule has 0 atom stereocenters. The van der Waals surface area contributed by atoms with Gasteiger partial charge in [0.15, 0.2) is 0 Å². The molecule has 0 spiro atoms. The molecule has 0 saturated carbocycles.